The van der Waals surface area contributed by atoms with Gasteiger partial charge in [0.25, 0.3) is 0 Å². The van der Waals surface area contributed by atoms with Crippen molar-refractivity contribution >= 4 is 18.0 Å². The van der Waals surface area contributed by atoms with E-state index >= 15 is 0 Å². The molecule has 218 valence electrons. The molecule has 2 aliphatic carbocycles. The third kappa shape index (κ3) is 5.63. The van der Waals surface area contributed by atoms with E-state index in [1.807, 2.05) is 54.6 Å². The molecule has 0 spiro atoms. The molecule has 42 heavy (non-hydrogen) atoms. The zero-order chi connectivity index (χ0) is 29.2. The number of aliphatic carboxylic acids is 1. The van der Waals surface area contributed by atoms with Crippen LogP contribution in [0, 0.1) is 5.41 Å². The summed E-state index contributed by atoms with van der Waals surface area (Å²) >= 11 is 0. The van der Waals surface area contributed by atoms with Crippen LogP contribution in [0.2, 0.25) is 0 Å². The molecule has 2 fully saturated rings. The summed E-state index contributed by atoms with van der Waals surface area (Å²) in [6.45, 7) is 2.07. The number of nitrogens with one attached hydrogen (secondary N) is 2. The van der Waals surface area contributed by atoms with E-state index in [9.17, 15) is 19.5 Å². The van der Waals surface area contributed by atoms with Gasteiger partial charge < -0.3 is 20.5 Å². The number of nitrogens with zero attached hydrogens (tertiary/aromatic N) is 1. The Morgan fingerprint density at radius 1 is 0.881 bits per heavy atom. The number of carboxylic acid groups (broad SMARTS) is 1. The maximum atomic E-state index is 13.8. The maximum absolute atomic E-state index is 13.8. The van der Waals surface area contributed by atoms with Gasteiger partial charge in [-0.25, -0.2) is 4.79 Å². The minimum Gasteiger partial charge on any atom is -0.481 e. The number of amides is 2. The molecule has 8 heteroatoms. The molecule has 3 aromatic rings. The van der Waals surface area contributed by atoms with Crippen LogP contribution in [0.4, 0.5) is 4.79 Å². The number of carbonyl (C=O) groups is 3. The predicted molar refractivity (Wildman–Crippen MR) is 159 cm³/mol. The molecule has 1 heterocycles. The number of alkyl carbamates (subject to hydrolysis) is 1. The number of ether oxygens (including phenoxy) is 1. The van der Waals surface area contributed by atoms with Crippen LogP contribution in [0.5, 0.6) is 0 Å². The topological polar surface area (TPSA) is 108 Å². The van der Waals surface area contributed by atoms with Gasteiger partial charge in [-0.05, 0) is 52.5 Å². The van der Waals surface area contributed by atoms with E-state index in [0.717, 1.165) is 47.1 Å². The quantitative estimate of drug-likeness (QED) is 0.321. The van der Waals surface area contributed by atoms with Crippen LogP contribution < -0.4 is 10.6 Å². The van der Waals surface area contributed by atoms with Crippen LogP contribution in [0.3, 0.4) is 0 Å². The molecular weight excluding hydrogens is 530 g/mol. The molecule has 1 unspecified atom stereocenters. The molecule has 1 saturated carbocycles. The predicted octanol–water partition coefficient (Wildman–Crippen LogP) is 4.93. The van der Waals surface area contributed by atoms with Gasteiger partial charge >= 0.3 is 12.1 Å². The minimum absolute atomic E-state index is 0.0280. The van der Waals surface area contributed by atoms with E-state index in [-0.39, 0.29) is 31.4 Å². The number of hydrogen-bond donors (Lipinski definition) is 3. The second kappa shape index (κ2) is 11.6. The lowest BCUT2D eigenvalue weighted by Crippen LogP contribution is -2.61. The highest BCUT2D eigenvalue weighted by atomic mass is 16.5. The lowest BCUT2D eigenvalue weighted by molar-refractivity contribution is -0.142. The molecule has 1 aliphatic heterocycles. The van der Waals surface area contributed by atoms with Crippen molar-refractivity contribution in [1.82, 2.24) is 15.5 Å². The lowest BCUT2D eigenvalue weighted by Gasteiger charge is -2.41. The van der Waals surface area contributed by atoms with Gasteiger partial charge in [0.15, 0.2) is 0 Å². The summed E-state index contributed by atoms with van der Waals surface area (Å²) in [5.74, 6) is -1.23. The second-order valence-corrected chi connectivity index (χ2v) is 12.1. The summed E-state index contributed by atoms with van der Waals surface area (Å²) < 4.78 is 5.83. The Labute approximate surface area is 246 Å². The van der Waals surface area contributed by atoms with Crippen LogP contribution >= 0.6 is 0 Å². The first kappa shape index (κ1) is 28.0. The fraction of sp³-hybridized carbons (Fsp3) is 0.382. The van der Waals surface area contributed by atoms with Crippen molar-refractivity contribution in [2.45, 2.75) is 50.1 Å². The van der Waals surface area contributed by atoms with Crippen LogP contribution in [0.15, 0.2) is 78.9 Å². The Morgan fingerprint density at radius 2 is 1.52 bits per heavy atom. The molecule has 0 aromatic heterocycles. The lowest BCUT2D eigenvalue weighted by atomic mass is 9.66. The highest BCUT2D eigenvalue weighted by Gasteiger charge is 2.48. The van der Waals surface area contributed by atoms with Gasteiger partial charge in [-0.2, -0.15) is 0 Å². The maximum Gasteiger partial charge on any atom is 0.408 e. The van der Waals surface area contributed by atoms with Gasteiger partial charge in [-0.3, -0.25) is 14.5 Å². The molecular formula is C34H37N3O5. The number of hydrogen-bond acceptors (Lipinski definition) is 5. The first-order valence-electron chi connectivity index (χ1n) is 14.8. The molecule has 2 amide bonds. The molecule has 3 aromatic carbocycles. The fourth-order valence-corrected chi connectivity index (χ4v) is 6.89. The standard InChI is InChI=1S/C34H37N3O5/c38-30(39)19-33(15-8-16-33)22-35-31(40)34(17-18-37(23-34)20-24-9-2-1-3-10-24)36-32(41)42-21-29-27-13-6-4-11-25(27)26-12-5-7-14-28(26)29/h1-7,9-14,29H,8,15-23H2,(H,35,40)(H,36,41)(H,38,39). The van der Waals surface area contributed by atoms with E-state index in [0.29, 0.717) is 26.1 Å². The average Bonchev–Trinajstić information content (AvgIpc) is 3.52. The van der Waals surface area contributed by atoms with Gasteiger partial charge in [0.2, 0.25) is 5.91 Å². The smallest absolute Gasteiger partial charge is 0.408 e. The van der Waals surface area contributed by atoms with Crippen LogP contribution in [-0.4, -0.2) is 59.8 Å². The van der Waals surface area contributed by atoms with Crippen LogP contribution in [0.1, 0.15) is 54.7 Å². The Hall–Kier alpha value is -4.17. The molecule has 1 atom stereocenters. The summed E-state index contributed by atoms with van der Waals surface area (Å²) in [7, 11) is 0. The summed E-state index contributed by atoms with van der Waals surface area (Å²) in [6, 6.07) is 26.4. The van der Waals surface area contributed by atoms with Crippen molar-refractivity contribution in [1.29, 1.82) is 0 Å². The van der Waals surface area contributed by atoms with Gasteiger partial charge in [0, 0.05) is 32.1 Å². The van der Waals surface area contributed by atoms with Crippen molar-refractivity contribution in [3.63, 3.8) is 0 Å². The first-order valence-corrected chi connectivity index (χ1v) is 14.8. The van der Waals surface area contributed by atoms with E-state index < -0.39 is 23.0 Å². The number of fused-ring (bicyclic) bond motifs is 3. The van der Waals surface area contributed by atoms with Crippen molar-refractivity contribution in [3.05, 3.63) is 95.6 Å². The summed E-state index contributed by atoms with van der Waals surface area (Å²) in [4.78, 5) is 40.8. The zero-order valence-electron chi connectivity index (χ0n) is 23.7. The molecule has 3 aliphatic rings. The van der Waals surface area contributed by atoms with Gasteiger partial charge in [-0.1, -0.05) is 85.3 Å². The van der Waals surface area contributed by atoms with Crippen LogP contribution in [-0.2, 0) is 20.9 Å². The Bertz CT molecular complexity index is 1430. The Balaban J connectivity index is 1.16. The van der Waals surface area contributed by atoms with Crippen molar-refractivity contribution in [2.75, 3.05) is 26.2 Å². The SMILES string of the molecule is O=C(O)CC1(CNC(=O)C2(NC(=O)OCC3c4ccccc4-c4ccccc43)CCN(Cc3ccccc3)C2)CCC1. The molecule has 6 rings (SSSR count). The highest BCUT2D eigenvalue weighted by Crippen LogP contribution is 2.45. The van der Waals surface area contributed by atoms with E-state index in [1.165, 1.54) is 0 Å². The minimum atomic E-state index is -1.18. The third-order valence-corrected chi connectivity index (χ3v) is 9.28. The number of carbonyl (C=O) groups excluding carboxylic acids is 2. The van der Waals surface area contributed by atoms with Crippen molar-refractivity contribution < 1.29 is 24.2 Å². The number of carboxylic acids is 1. The van der Waals surface area contributed by atoms with Gasteiger partial charge in [-0.15, -0.1) is 0 Å². The largest absolute Gasteiger partial charge is 0.481 e. The zero-order valence-corrected chi connectivity index (χ0v) is 23.7. The van der Waals surface area contributed by atoms with Gasteiger partial charge in [0.05, 0.1) is 6.42 Å². The third-order valence-electron chi connectivity index (χ3n) is 9.28. The molecule has 0 bridgehead atoms. The number of rotatable bonds is 10. The van der Waals surface area contributed by atoms with E-state index in [1.54, 1.807) is 0 Å². The molecule has 1 saturated heterocycles. The Morgan fingerprint density at radius 3 is 2.14 bits per heavy atom. The molecule has 3 N–H and O–H groups in total. The highest BCUT2D eigenvalue weighted by molar-refractivity contribution is 5.91. The van der Waals surface area contributed by atoms with Crippen molar-refractivity contribution in [3.8, 4) is 11.1 Å². The fourth-order valence-electron chi connectivity index (χ4n) is 6.89. The normalized spacial score (nSPS) is 20.7. The van der Waals surface area contributed by atoms with E-state index in [2.05, 4.69) is 39.8 Å². The first-order chi connectivity index (χ1) is 20.4. The average molecular weight is 568 g/mol. The van der Waals surface area contributed by atoms with Crippen LogP contribution in [0.25, 0.3) is 11.1 Å². The molecule has 0 radical (unpaired) electrons. The monoisotopic (exact) mass is 567 g/mol. The summed E-state index contributed by atoms with van der Waals surface area (Å²) in [5, 5.41) is 15.4. The molecule has 8 nitrogen and oxygen atoms in total. The summed E-state index contributed by atoms with van der Waals surface area (Å²) in [6.07, 6.45) is 2.33. The van der Waals surface area contributed by atoms with Crippen molar-refractivity contribution in [2.24, 2.45) is 5.41 Å². The summed E-state index contributed by atoms with van der Waals surface area (Å²) in [5.41, 5.74) is 4.08. The van der Waals surface area contributed by atoms with E-state index in [4.69, 9.17) is 4.74 Å². The van der Waals surface area contributed by atoms with Gasteiger partial charge in [0.1, 0.15) is 12.1 Å². The Kier molecular flexibility index (Phi) is 7.73. The number of likely N-dealkylation sites (tertiary alicyclic amines) is 1. The second-order valence-electron chi connectivity index (χ2n) is 12.1. The number of benzene rings is 3.